The fourth-order valence-corrected chi connectivity index (χ4v) is 4.55. The van der Waals surface area contributed by atoms with Gasteiger partial charge in [-0.1, -0.05) is 11.6 Å². The van der Waals surface area contributed by atoms with Gasteiger partial charge in [-0.25, -0.2) is 9.97 Å². The van der Waals surface area contributed by atoms with Crippen molar-refractivity contribution in [3.05, 3.63) is 29.5 Å². The van der Waals surface area contributed by atoms with E-state index in [9.17, 15) is 0 Å². The van der Waals surface area contributed by atoms with Crippen LogP contribution in [-0.4, -0.2) is 53.3 Å². The molecule has 0 radical (unpaired) electrons. The standard InChI is InChI=1S/C24H35ClN6O/c1-16(15-32-2)29-18-4-3-5-19(9-8-18)30-24-28-14-21(25)23(31-24)22-12-20(10-11-26-22)27-13-17-6-7-17/h10-12,14,16-19,29H,3-9,13,15H2,1-2H3,(H,26,27)(H,28,30,31). The van der Waals surface area contributed by atoms with Crippen LogP contribution in [0.15, 0.2) is 24.5 Å². The van der Waals surface area contributed by atoms with Crippen molar-refractivity contribution in [2.75, 3.05) is 30.9 Å². The lowest BCUT2D eigenvalue weighted by Crippen LogP contribution is -2.38. The summed E-state index contributed by atoms with van der Waals surface area (Å²) in [5.41, 5.74) is 2.48. The van der Waals surface area contributed by atoms with E-state index < -0.39 is 0 Å². The average molecular weight is 459 g/mol. The van der Waals surface area contributed by atoms with Crippen molar-refractivity contribution in [1.29, 1.82) is 0 Å². The van der Waals surface area contributed by atoms with Crippen LogP contribution in [0.1, 0.15) is 51.9 Å². The largest absolute Gasteiger partial charge is 0.385 e. The lowest BCUT2D eigenvalue weighted by atomic mass is 10.1. The summed E-state index contributed by atoms with van der Waals surface area (Å²) in [5, 5.41) is 11.2. The fraction of sp³-hybridized carbons (Fsp3) is 0.625. The molecular weight excluding hydrogens is 424 g/mol. The van der Waals surface area contributed by atoms with E-state index in [1.165, 1.54) is 25.7 Å². The molecule has 2 fully saturated rings. The number of anilines is 2. The van der Waals surface area contributed by atoms with Crippen LogP contribution in [0.2, 0.25) is 5.02 Å². The third-order valence-corrected chi connectivity index (χ3v) is 6.55. The van der Waals surface area contributed by atoms with Crippen molar-refractivity contribution in [3.8, 4) is 11.4 Å². The van der Waals surface area contributed by atoms with Crippen LogP contribution in [0.25, 0.3) is 11.4 Å². The number of nitrogens with one attached hydrogen (secondary N) is 3. The van der Waals surface area contributed by atoms with E-state index in [0.29, 0.717) is 34.8 Å². The summed E-state index contributed by atoms with van der Waals surface area (Å²) in [6.45, 7) is 3.93. The summed E-state index contributed by atoms with van der Waals surface area (Å²) in [6.07, 6.45) is 11.8. The van der Waals surface area contributed by atoms with Crippen molar-refractivity contribution in [1.82, 2.24) is 20.3 Å². The molecule has 0 aliphatic heterocycles. The van der Waals surface area contributed by atoms with E-state index in [2.05, 4.69) is 32.8 Å². The maximum absolute atomic E-state index is 6.45. The van der Waals surface area contributed by atoms with E-state index in [-0.39, 0.29) is 0 Å². The minimum atomic E-state index is 0.355. The number of halogens is 1. The third-order valence-electron chi connectivity index (χ3n) is 6.28. The zero-order chi connectivity index (χ0) is 22.3. The van der Waals surface area contributed by atoms with Gasteiger partial charge >= 0.3 is 0 Å². The average Bonchev–Trinajstić information content (AvgIpc) is 3.63. The molecule has 0 spiro atoms. The number of aromatic nitrogens is 3. The van der Waals surface area contributed by atoms with Gasteiger partial charge in [0.05, 0.1) is 23.5 Å². The van der Waals surface area contributed by atoms with Crippen molar-refractivity contribution in [3.63, 3.8) is 0 Å². The zero-order valence-corrected chi connectivity index (χ0v) is 19.9. The van der Waals surface area contributed by atoms with E-state index in [1.54, 1.807) is 19.5 Å². The lowest BCUT2D eigenvalue weighted by Gasteiger charge is -2.22. The smallest absolute Gasteiger partial charge is 0.223 e. The highest BCUT2D eigenvalue weighted by molar-refractivity contribution is 6.32. The fourth-order valence-electron chi connectivity index (χ4n) is 4.37. The molecular formula is C24H35ClN6O. The maximum atomic E-state index is 6.45. The highest BCUT2D eigenvalue weighted by Gasteiger charge is 2.22. The van der Waals surface area contributed by atoms with Gasteiger partial charge in [-0.2, -0.15) is 0 Å². The first-order chi connectivity index (χ1) is 15.6. The number of nitrogens with zero attached hydrogens (tertiary/aromatic N) is 3. The van der Waals surface area contributed by atoms with Crippen LogP contribution in [0, 0.1) is 5.92 Å². The number of methoxy groups -OCH3 is 1. The predicted octanol–water partition coefficient (Wildman–Crippen LogP) is 4.75. The van der Waals surface area contributed by atoms with Gasteiger partial charge in [0.2, 0.25) is 5.95 Å². The monoisotopic (exact) mass is 458 g/mol. The number of hydrogen-bond donors (Lipinski definition) is 3. The molecule has 174 valence electrons. The molecule has 0 bridgehead atoms. The second kappa shape index (κ2) is 11.3. The Morgan fingerprint density at radius 1 is 1.12 bits per heavy atom. The molecule has 3 N–H and O–H groups in total. The Bertz CT molecular complexity index is 877. The molecule has 8 heteroatoms. The zero-order valence-electron chi connectivity index (χ0n) is 19.1. The Morgan fingerprint density at radius 3 is 2.75 bits per heavy atom. The Hall–Kier alpha value is -1.96. The number of hydrogen-bond acceptors (Lipinski definition) is 7. The molecule has 4 rings (SSSR count). The number of pyridine rings is 1. The van der Waals surface area contributed by atoms with Gasteiger partial charge in [-0.15, -0.1) is 0 Å². The van der Waals surface area contributed by atoms with Crippen LogP contribution in [0.4, 0.5) is 11.6 Å². The van der Waals surface area contributed by atoms with Crippen LogP contribution >= 0.6 is 11.6 Å². The van der Waals surface area contributed by atoms with Crippen LogP contribution in [-0.2, 0) is 4.74 Å². The first-order valence-corrected chi connectivity index (χ1v) is 12.2. The van der Waals surface area contributed by atoms with Crippen molar-refractivity contribution >= 4 is 23.2 Å². The highest BCUT2D eigenvalue weighted by atomic mass is 35.5. The Kier molecular flexibility index (Phi) is 8.16. The second-order valence-corrected chi connectivity index (χ2v) is 9.62. The van der Waals surface area contributed by atoms with Gasteiger partial charge in [0.15, 0.2) is 0 Å². The van der Waals surface area contributed by atoms with Gasteiger partial charge in [0.25, 0.3) is 0 Å². The second-order valence-electron chi connectivity index (χ2n) is 9.21. The van der Waals surface area contributed by atoms with Crippen molar-refractivity contribution in [2.45, 2.75) is 70.0 Å². The minimum Gasteiger partial charge on any atom is -0.385 e. The minimum absolute atomic E-state index is 0.355. The first kappa shape index (κ1) is 23.2. The van der Waals surface area contributed by atoms with Crippen LogP contribution in [0.3, 0.4) is 0 Å². The first-order valence-electron chi connectivity index (χ1n) is 11.8. The molecule has 3 unspecified atom stereocenters. The van der Waals surface area contributed by atoms with Crippen LogP contribution < -0.4 is 16.0 Å². The summed E-state index contributed by atoms with van der Waals surface area (Å²) in [7, 11) is 1.75. The summed E-state index contributed by atoms with van der Waals surface area (Å²) >= 11 is 6.45. The van der Waals surface area contributed by atoms with E-state index in [4.69, 9.17) is 21.3 Å². The van der Waals surface area contributed by atoms with Gasteiger partial charge in [0, 0.05) is 43.7 Å². The summed E-state index contributed by atoms with van der Waals surface area (Å²) in [5.74, 6) is 1.43. The molecule has 3 atom stereocenters. The molecule has 0 aromatic carbocycles. The molecule has 0 saturated heterocycles. The maximum Gasteiger partial charge on any atom is 0.223 e. The van der Waals surface area contributed by atoms with Crippen molar-refractivity contribution < 1.29 is 4.74 Å². The van der Waals surface area contributed by atoms with Crippen molar-refractivity contribution in [2.24, 2.45) is 5.92 Å². The highest BCUT2D eigenvalue weighted by Crippen LogP contribution is 2.30. The Morgan fingerprint density at radius 2 is 1.94 bits per heavy atom. The number of ether oxygens (including phenoxy) is 1. The van der Waals surface area contributed by atoms with Gasteiger partial charge in [-0.3, -0.25) is 4.98 Å². The van der Waals surface area contributed by atoms with Crippen LogP contribution in [0.5, 0.6) is 0 Å². The van der Waals surface area contributed by atoms with Gasteiger partial charge < -0.3 is 20.7 Å². The summed E-state index contributed by atoms with van der Waals surface area (Å²) in [6, 6.07) is 5.27. The van der Waals surface area contributed by atoms with E-state index in [0.717, 1.165) is 49.7 Å². The summed E-state index contributed by atoms with van der Waals surface area (Å²) < 4.78 is 5.26. The summed E-state index contributed by atoms with van der Waals surface area (Å²) in [4.78, 5) is 13.7. The normalized spacial score (nSPS) is 22.2. The molecule has 32 heavy (non-hydrogen) atoms. The topological polar surface area (TPSA) is 84.0 Å². The molecule has 7 nitrogen and oxygen atoms in total. The lowest BCUT2D eigenvalue weighted by molar-refractivity contribution is 0.165. The molecule has 2 aromatic heterocycles. The molecule has 2 saturated carbocycles. The van der Waals surface area contributed by atoms with Gasteiger partial charge in [0.1, 0.15) is 5.69 Å². The molecule has 2 aliphatic carbocycles. The third kappa shape index (κ3) is 6.77. The van der Waals surface area contributed by atoms with Gasteiger partial charge in [-0.05, 0) is 69.9 Å². The molecule has 2 heterocycles. The molecule has 2 aromatic rings. The quantitative estimate of drug-likeness (QED) is 0.443. The predicted molar refractivity (Wildman–Crippen MR) is 130 cm³/mol. The Balaban J connectivity index is 1.38. The molecule has 2 aliphatic rings. The number of rotatable bonds is 10. The van der Waals surface area contributed by atoms with E-state index in [1.807, 2.05) is 12.1 Å². The van der Waals surface area contributed by atoms with E-state index >= 15 is 0 Å². The SMILES string of the molecule is COCC(C)NC1CCCC(Nc2ncc(Cl)c(-c3cc(NCC4CC4)ccn3)n2)CC1. The Labute approximate surface area is 196 Å². The molecule has 0 amide bonds.